The number of fused-ring (bicyclic) bond motifs is 2. The lowest BCUT2D eigenvalue weighted by molar-refractivity contribution is -0.143. The molecule has 2 fully saturated rings. The van der Waals surface area contributed by atoms with Gasteiger partial charge in [0, 0.05) is 12.8 Å². The van der Waals surface area contributed by atoms with Crippen molar-refractivity contribution in [1.29, 1.82) is 0 Å². The third kappa shape index (κ3) is 3.43. The fourth-order valence-electron chi connectivity index (χ4n) is 3.81. The maximum Gasteiger partial charge on any atom is 0.410 e. The van der Waals surface area contributed by atoms with Gasteiger partial charge in [-0.05, 0) is 20.8 Å². The predicted octanol–water partition coefficient (Wildman–Crippen LogP) is 3.37. The number of aliphatic hydroxyl groups is 1. The van der Waals surface area contributed by atoms with Crippen LogP contribution in [0.1, 0.15) is 39.2 Å². The van der Waals surface area contributed by atoms with E-state index in [4.69, 9.17) is 9.47 Å². The molecule has 1 aromatic rings. The maximum absolute atomic E-state index is 14.3. The number of amides is 1. The Morgan fingerprint density at radius 1 is 1.00 bits per heavy atom. The standard InChI is InChI=1S/C18H20F5NO4/c1-17(2,3)28-16(25)24-8-4-18(26,5-9(24)7-27-6-8)10-11(19)13(21)15(23)14(22)12(10)20/h8-9,26H,4-7H2,1-3H3. The smallest absolute Gasteiger partial charge is 0.410 e. The van der Waals surface area contributed by atoms with Gasteiger partial charge in [-0.25, -0.2) is 26.7 Å². The lowest BCUT2D eigenvalue weighted by Gasteiger charge is -2.51. The Labute approximate surface area is 158 Å². The first-order valence-corrected chi connectivity index (χ1v) is 8.69. The van der Waals surface area contributed by atoms with E-state index in [9.17, 15) is 31.9 Å². The zero-order valence-corrected chi connectivity index (χ0v) is 15.5. The summed E-state index contributed by atoms with van der Waals surface area (Å²) in [5, 5.41) is 10.9. The van der Waals surface area contributed by atoms with Gasteiger partial charge in [0.15, 0.2) is 23.3 Å². The van der Waals surface area contributed by atoms with Crippen molar-refractivity contribution in [2.24, 2.45) is 0 Å². The fourth-order valence-corrected chi connectivity index (χ4v) is 3.81. The van der Waals surface area contributed by atoms with Gasteiger partial charge < -0.3 is 14.6 Å². The molecular weight excluding hydrogens is 389 g/mol. The van der Waals surface area contributed by atoms with Crippen LogP contribution in [0.3, 0.4) is 0 Å². The summed E-state index contributed by atoms with van der Waals surface area (Å²) in [6.45, 7) is 4.83. The molecule has 10 heteroatoms. The molecule has 2 aliphatic rings. The molecule has 0 spiro atoms. The van der Waals surface area contributed by atoms with Crippen molar-refractivity contribution in [1.82, 2.24) is 4.90 Å². The first kappa shape index (κ1) is 20.8. The van der Waals surface area contributed by atoms with Crippen molar-refractivity contribution in [3.63, 3.8) is 0 Å². The van der Waals surface area contributed by atoms with Crippen LogP contribution in [-0.4, -0.2) is 47.0 Å². The highest BCUT2D eigenvalue weighted by Gasteiger charge is 2.52. The SMILES string of the molecule is CC(C)(C)OC(=O)N1C2COCC1CC(O)(c1c(F)c(F)c(F)c(F)c1F)C2. The molecule has 0 aromatic heterocycles. The van der Waals surface area contributed by atoms with Crippen molar-refractivity contribution < 1.29 is 41.3 Å². The first-order chi connectivity index (χ1) is 12.9. The quantitative estimate of drug-likeness (QED) is 0.439. The molecule has 28 heavy (non-hydrogen) atoms. The van der Waals surface area contributed by atoms with Crippen molar-refractivity contribution in [2.45, 2.75) is 56.9 Å². The Balaban J connectivity index is 1.99. The van der Waals surface area contributed by atoms with Gasteiger partial charge in [0.1, 0.15) is 5.60 Å². The minimum absolute atomic E-state index is 0.0759. The summed E-state index contributed by atoms with van der Waals surface area (Å²) >= 11 is 0. The summed E-state index contributed by atoms with van der Waals surface area (Å²) in [6, 6.07) is -1.72. The zero-order chi connectivity index (χ0) is 21.0. The van der Waals surface area contributed by atoms with Crippen LogP contribution in [0.2, 0.25) is 0 Å². The molecule has 0 aliphatic carbocycles. The maximum atomic E-state index is 14.3. The minimum Gasteiger partial charge on any atom is -0.444 e. The van der Waals surface area contributed by atoms with E-state index in [-0.39, 0.29) is 13.2 Å². The Morgan fingerprint density at radius 3 is 1.86 bits per heavy atom. The zero-order valence-electron chi connectivity index (χ0n) is 15.5. The Hall–Kier alpha value is -1.94. The highest BCUT2D eigenvalue weighted by molar-refractivity contribution is 5.69. The summed E-state index contributed by atoms with van der Waals surface area (Å²) in [7, 11) is 0. The van der Waals surface area contributed by atoms with Crippen LogP contribution >= 0.6 is 0 Å². The van der Waals surface area contributed by atoms with Crippen molar-refractivity contribution >= 4 is 6.09 Å². The average Bonchev–Trinajstić information content (AvgIpc) is 2.55. The van der Waals surface area contributed by atoms with E-state index >= 15 is 0 Å². The van der Waals surface area contributed by atoms with Crippen LogP contribution < -0.4 is 0 Å². The molecule has 3 rings (SSSR count). The molecule has 0 radical (unpaired) electrons. The first-order valence-electron chi connectivity index (χ1n) is 8.69. The van der Waals surface area contributed by atoms with Gasteiger partial charge in [-0.2, -0.15) is 0 Å². The number of rotatable bonds is 1. The number of carbonyl (C=O) groups excluding carboxylic acids is 1. The predicted molar refractivity (Wildman–Crippen MR) is 85.8 cm³/mol. The second kappa shape index (κ2) is 6.84. The second-order valence-corrected chi connectivity index (χ2v) is 8.12. The molecule has 156 valence electrons. The van der Waals surface area contributed by atoms with E-state index in [1.54, 1.807) is 20.8 Å². The molecule has 2 aliphatic heterocycles. The number of piperidine rings is 1. The minimum atomic E-state index is -2.36. The van der Waals surface area contributed by atoms with Crippen LogP contribution in [0.4, 0.5) is 26.7 Å². The molecule has 1 N–H and O–H groups in total. The van der Waals surface area contributed by atoms with Crippen LogP contribution in [0.25, 0.3) is 0 Å². The Kier molecular flexibility index (Phi) is 5.08. The number of nitrogens with zero attached hydrogens (tertiary/aromatic N) is 1. The van der Waals surface area contributed by atoms with Gasteiger partial charge >= 0.3 is 6.09 Å². The van der Waals surface area contributed by atoms with E-state index in [1.807, 2.05) is 0 Å². The highest BCUT2D eigenvalue weighted by atomic mass is 19.2. The van der Waals surface area contributed by atoms with Gasteiger partial charge in [-0.15, -0.1) is 0 Å². The molecule has 5 nitrogen and oxygen atoms in total. The van der Waals surface area contributed by atoms with Crippen LogP contribution in [-0.2, 0) is 15.1 Å². The fraction of sp³-hybridized carbons (Fsp3) is 0.611. The van der Waals surface area contributed by atoms with E-state index in [0.717, 1.165) is 0 Å². The average molecular weight is 409 g/mol. The number of ether oxygens (including phenoxy) is 2. The summed E-state index contributed by atoms with van der Waals surface area (Å²) < 4.78 is 79.8. The third-order valence-corrected chi connectivity index (χ3v) is 4.83. The molecule has 2 atom stereocenters. The number of carbonyl (C=O) groups is 1. The normalized spacial score (nSPS) is 27.7. The molecule has 2 heterocycles. The molecule has 0 saturated carbocycles. The summed E-state index contributed by atoms with van der Waals surface area (Å²) in [6.07, 6.45) is -1.65. The third-order valence-electron chi connectivity index (χ3n) is 4.83. The number of halogens is 5. The van der Waals surface area contributed by atoms with Crippen molar-refractivity contribution in [3.05, 3.63) is 34.6 Å². The molecule has 1 aromatic carbocycles. The molecular formula is C18H20F5NO4. The Morgan fingerprint density at radius 2 is 1.43 bits per heavy atom. The number of benzene rings is 1. The van der Waals surface area contributed by atoms with Gasteiger partial charge in [-0.1, -0.05) is 0 Å². The van der Waals surface area contributed by atoms with E-state index in [1.165, 1.54) is 4.90 Å². The number of hydrogen-bond acceptors (Lipinski definition) is 4. The van der Waals surface area contributed by atoms with Gasteiger partial charge in [-0.3, -0.25) is 4.90 Å². The highest BCUT2D eigenvalue weighted by Crippen LogP contribution is 2.44. The molecule has 1 amide bonds. The van der Waals surface area contributed by atoms with Crippen LogP contribution in [0, 0.1) is 29.1 Å². The molecule has 2 unspecified atom stereocenters. The summed E-state index contributed by atoms with van der Waals surface area (Å²) in [5.74, 6) is -10.7. The summed E-state index contributed by atoms with van der Waals surface area (Å²) in [4.78, 5) is 13.8. The molecule has 2 bridgehead atoms. The van der Waals surface area contributed by atoms with Crippen molar-refractivity contribution in [2.75, 3.05) is 13.2 Å². The second-order valence-electron chi connectivity index (χ2n) is 8.12. The van der Waals surface area contributed by atoms with Gasteiger partial charge in [0.05, 0.1) is 36.5 Å². The monoisotopic (exact) mass is 409 g/mol. The van der Waals surface area contributed by atoms with E-state index < -0.39 is 76.9 Å². The number of morpholine rings is 1. The van der Waals surface area contributed by atoms with E-state index in [0.29, 0.717) is 0 Å². The largest absolute Gasteiger partial charge is 0.444 e. The van der Waals surface area contributed by atoms with Gasteiger partial charge in [0.25, 0.3) is 0 Å². The Bertz CT molecular complexity index is 767. The lowest BCUT2D eigenvalue weighted by atomic mass is 9.76. The summed E-state index contributed by atoms with van der Waals surface area (Å²) in [5.41, 5.74) is -4.45. The van der Waals surface area contributed by atoms with Crippen LogP contribution in [0.5, 0.6) is 0 Å². The molecule has 2 saturated heterocycles. The topological polar surface area (TPSA) is 59.0 Å². The van der Waals surface area contributed by atoms with Crippen LogP contribution in [0.15, 0.2) is 0 Å². The number of hydrogen-bond donors (Lipinski definition) is 1. The lowest BCUT2D eigenvalue weighted by Crippen LogP contribution is -2.63. The van der Waals surface area contributed by atoms with E-state index in [2.05, 4.69) is 0 Å². The van der Waals surface area contributed by atoms with Crippen molar-refractivity contribution in [3.8, 4) is 0 Å². The van der Waals surface area contributed by atoms with Gasteiger partial charge in [0.2, 0.25) is 5.82 Å².